The van der Waals surface area contributed by atoms with Gasteiger partial charge in [0.05, 0.1) is 22.9 Å². The lowest BCUT2D eigenvalue weighted by Crippen LogP contribution is -2.48. The summed E-state index contributed by atoms with van der Waals surface area (Å²) in [6.07, 6.45) is 6.52. The fraction of sp³-hybridized carbons (Fsp3) is 0.615. The van der Waals surface area contributed by atoms with Crippen molar-refractivity contribution in [2.45, 2.75) is 25.0 Å². The average molecular weight is 312 g/mol. The van der Waals surface area contributed by atoms with Crippen LogP contribution in [-0.2, 0) is 4.74 Å². The standard InChI is InChI=1S/C13H18BrN3O/c14-12-7-15-4-3-13(12)16-6-11-8-17-5-1-2-10(17)9-18-11/h3-4,7,10-11H,1-2,5-6,8-9H2,(H,15,16). The van der Waals surface area contributed by atoms with E-state index < -0.39 is 0 Å². The number of ether oxygens (including phenoxy) is 1. The molecule has 2 atom stereocenters. The lowest BCUT2D eigenvalue weighted by atomic mass is 10.2. The smallest absolute Gasteiger partial charge is 0.0874 e. The second-order valence-corrected chi connectivity index (χ2v) is 5.84. The van der Waals surface area contributed by atoms with Crippen LogP contribution in [0.1, 0.15) is 12.8 Å². The highest BCUT2D eigenvalue weighted by Crippen LogP contribution is 2.24. The van der Waals surface area contributed by atoms with Gasteiger partial charge in [-0.3, -0.25) is 9.88 Å². The van der Waals surface area contributed by atoms with E-state index in [-0.39, 0.29) is 0 Å². The zero-order chi connectivity index (χ0) is 12.4. The fourth-order valence-electron chi connectivity index (χ4n) is 2.75. The van der Waals surface area contributed by atoms with E-state index in [1.165, 1.54) is 19.4 Å². The first-order chi connectivity index (χ1) is 8.83. The molecule has 1 aromatic heterocycles. The number of rotatable bonds is 3. The minimum Gasteiger partial charge on any atom is -0.381 e. The molecule has 5 heteroatoms. The van der Waals surface area contributed by atoms with Crippen LogP contribution in [0.15, 0.2) is 22.9 Å². The number of pyridine rings is 1. The van der Waals surface area contributed by atoms with Gasteiger partial charge in [0.1, 0.15) is 0 Å². The highest BCUT2D eigenvalue weighted by Gasteiger charge is 2.31. The highest BCUT2D eigenvalue weighted by molar-refractivity contribution is 9.10. The predicted octanol–water partition coefficient (Wildman–Crippen LogP) is 2.12. The molecule has 0 aromatic carbocycles. The third-order valence-corrected chi connectivity index (χ3v) is 4.39. The van der Waals surface area contributed by atoms with Gasteiger partial charge in [-0.05, 0) is 41.4 Å². The maximum absolute atomic E-state index is 5.92. The molecule has 0 aliphatic carbocycles. The van der Waals surface area contributed by atoms with Crippen LogP contribution in [0.2, 0.25) is 0 Å². The maximum Gasteiger partial charge on any atom is 0.0874 e. The first kappa shape index (κ1) is 12.4. The van der Waals surface area contributed by atoms with Crippen molar-refractivity contribution in [2.24, 2.45) is 0 Å². The molecular formula is C13H18BrN3O. The molecule has 0 bridgehead atoms. The lowest BCUT2D eigenvalue weighted by molar-refractivity contribution is -0.0415. The summed E-state index contributed by atoms with van der Waals surface area (Å²) in [5, 5.41) is 3.42. The van der Waals surface area contributed by atoms with Crippen molar-refractivity contribution in [3.63, 3.8) is 0 Å². The van der Waals surface area contributed by atoms with Crippen LogP contribution in [-0.4, -0.2) is 48.3 Å². The van der Waals surface area contributed by atoms with Gasteiger partial charge in [0, 0.05) is 31.5 Å². The Morgan fingerprint density at radius 3 is 3.39 bits per heavy atom. The van der Waals surface area contributed by atoms with Gasteiger partial charge in [-0.15, -0.1) is 0 Å². The molecule has 2 unspecified atom stereocenters. The van der Waals surface area contributed by atoms with Crippen LogP contribution in [0.4, 0.5) is 5.69 Å². The molecule has 0 radical (unpaired) electrons. The van der Waals surface area contributed by atoms with E-state index in [4.69, 9.17) is 4.74 Å². The molecule has 1 aromatic rings. The zero-order valence-electron chi connectivity index (χ0n) is 10.3. The van der Waals surface area contributed by atoms with E-state index in [1.807, 2.05) is 6.07 Å². The number of morpholine rings is 1. The second kappa shape index (κ2) is 5.55. The SMILES string of the molecule is Brc1cnccc1NCC1CN2CCCC2CO1. The second-order valence-electron chi connectivity index (χ2n) is 4.98. The molecule has 3 rings (SSSR count). The largest absolute Gasteiger partial charge is 0.381 e. The number of halogens is 1. The maximum atomic E-state index is 5.92. The number of nitrogens with one attached hydrogen (secondary N) is 1. The summed E-state index contributed by atoms with van der Waals surface area (Å²) in [6, 6.07) is 2.65. The Balaban J connectivity index is 1.53. The molecule has 2 aliphatic rings. The average Bonchev–Trinajstić information content (AvgIpc) is 2.85. The van der Waals surface area contributed by atoms with Gasteiger partial charge in [-0.25, -0.2) is 0 Å². The minimum absolute atomic E-state index is 0.291. The molecule has 4 nitrogen and oxygen atoms in total. The number of fused-ring (bicyclic) bond motifs is 1. The Labute approximate surface area is 116 Å². The predicted molar refractivity (Wildman–Crippen MR) is 74.8 cm³/mol. The molecule has 1 N–H and O–H groups in total. The van der Waals surface area contributed by atoms with E-state index >= 15 is 0 Å². The topological polar surface area (TPSA) is 37.4 Å². The van der Waals surface area contributed by atoms with Crippen molar-refractivity contribution < 1.29 is 4.74 Å². The van der Waals surface area contributed by atoms with Crippen molar-refractivity contribution in [1.29, 1.82) is 0 Å². The molecule has 2 aliphatic heterocycles. The van der Waals surface area contributed by atoms with Gasteiger partial charge < -0.3 is 10.1 Å². The Morgan fingerprint density at radius 2 is 2.50 bits per heavy atom. The summed E-state index contributed by atoms with van der Waals surface area (Å²) in [5.41, 5.74) is 1.08. The Bertz CT molecular complexity index is 415. The summed E-state index contributed by atoms with van der Waals surface area (Å²) >= 11 is 3.49. The molecule has 3 heterocycles. The van der Waals surface area contributed by atoms with Crippen LogP contribution < -0.4 is 5.32 Å². The summed E-state index contributed by atoms with van der Waals surface area (Å²) in [7, 11) is 0. The van der Waals surface area contributed by atoms with Gasteiger partial charge in [-0.1, -0.05) is 0 Å². The van der Waals surface area contributed by atoms with Gasteiger partial charge in [0.2, 0.25) is 0 Å². The van der Waals surface area contributed by atoms with Crippen molar-refractivity contribution in [1.82, 2.24) is 9.88 Å². The monoisotopic (exact) mass is 311 g/mol. The molecule has 0 spiro atoms. The minimum atomic E-state index is 0.291. The van der Waals surface area contributed by atoms with Crippen molar-refractivity contribution >= 4 is 21.6 Å². The number of aromatic nitrogens is 1. The van der Waals surface area contributed by atoms with Crippen molar-refractivity contribution in [3.8, 4) is 0 Å². The first-order valence-corrected chi connectivity index (χ1v) is 7.31. The van der Waals surface area contributed by atoms with Crippen molar-refractivity contribution in [2.75, 3.05) is 31.6 Å². The molecule has 2 saturated heterocycles. The summed E-state index contributed by atoms with van der Waals surface area (Å²) in [5.74, 6) is 0. The van der Waals surface area contributed by atoms with E-state index in [0.717, 1.165) is 29.9 Å². The van der Waals surface area contributed by atoms with Crippen molar-refractivity contribution in [3.05, 3.63) is 22.9 Å². The highest BCUT2D eigenvalue weighted by atomic mass is 79.9. The molecular weight excluding hydrogens is 294 g/mol. The Hall–Kier alpha value is -0.650. The van der Waals surface area contributed by atoms with E-state index in [0.29, 0.717) is 12.1 Å². The van der Waals surface area contributed by atoms with Crippen LogP contribution in [0.3, 0.4) is 0 Å². The molecule has 98 valence electrons. The van der Waals surface area contributed by atoms with E-state index in [1.54, 1.807) is 12.4 Å². The molecule has 0 amide bonds. The van der Waals surface area contributed by atoms with Gasteiger partial charge >= 0.3 is 0 Å². The van der Waals surface area contributed by atoms with Crippen LogP contribution in [0, 0.1) is 0 Å². The third-order valence-electron chi connectivity index (χ3n) is 3.75. The summed E-state index contributed by atoms with van der Waals surface area (Å²) in [4.78, 5) is 6.62. The van der Waals surface area contributed by atoms with Gasteiger partial charge in [-0.2, -0.15) is 0 Å². The van der Waals surface area contributed by atoms with Crippen LogP contribution >= 0.6 is 15.9 Å². The van der Waals surface area contributed by atoms with Gasteiger partial charge in [0.25, 0.3) is 0 Å². The third kappa shape index (κ3) is 2.68. The van der Waals surface area contributed by atoms with Gasteiger partial charge in [0.15, 0.2) is 0 Å². The molecule has 18 heavy (non-hydrogen) atoms. The number of nitrogens with zero attached hydrogens (tertiary/aromatic N) is 2. The van der Waals surface area contributed by atoms with Crippen LogP contribution in [0.25, 0.3) is 0 Å². The summed E-state index contributed by atoms with van der Waals surface area (Å²) in [6.45, 7) is 4.04. The quantitative estimate of drug-likeness (QED) is 0.928. The lowest BCUT2D eigenvalue weighted by Gasteiger charge is -2.35. The normalized spacial score (nSPS) is 28.1. The zero-order valence-corrected chi connectivity index (χ0v) is 11.9. The Kier molecular flexibility index (Phi) is 3.82. The molecule has 0 saturated carbocycles. The van der Waals surface area contributed by atoms with E-state index in [2.05, 4.69) is 31.1 Å². The number of hydrogen-bond acceptors (Lipinski definition) is 4. The van der Waals surface area contributed by atoms with E-state index in [9.17, 15) is 0 Å². The number of anilines is 1. The first-order valence-electron chi connectivity index (χ1n) is 6.52. The van der Waals surface area contributed by atoms with Crippen LogP contribution in [0.5, 0.6) is 0 Å². The summed E-state index contributed by atoms with van der Waals surface area (Å²) < 4.78 is 6.92. The molecule has 2 fully saturated rings. The Morgan fingerprint density at radius 1 is 1.56 bits per heavy atom. The fourth-order valence-corrected chi connectivity index (χ4v) is 3.14. The number of hydrogen-bond donors (Lipinski definition) is 1.